The van der Waals surface area contributed by atoms with Crippen LogP contribution in [0.4, 0.5) is 5.69 Å². The maximum absolute atomic E-state index is 5.64. The number of aromatic nitrogens is 1. The number of hydrogen-bond donors (Lipinski definition) is 1. The van der Waals surface area contributed by atoms with Crippen LogP contribution in [-0.2, 0) is 6.42 Å². The van der Waals surface area contributed by atoms with Gasteiger partial charge in [-0.3, -0.25) is 0 Å². The van der Waals surface area contributed by atoms with Gasteiger partial charge in [-0.25, -0.2) is 0 Å². The molecule has 1 heterocycles. The quantitative estimate of drug-likeness (QED) is 0.707. The van der Waals surface area contributed by atoms with Crippen molar-refractivity contribution in [1.82, 2.24) is 5.16 Å². The van der Waals surface area contributed by atoms with E-state index in [2.05, 4.69) is 5.16 Å². The van der Waals surface area contributed by atoms with E-state index in [9.17, 15) is 0 Å². The monoisotopic (exact) mass is 174 g/mol. The largest absolute Gasteiger partial charge is 0.399 e. The van der Waals surface area contributed by atoms with Crippen LogP contribution in [0.1, 0.15) is 11.3 Å². The lowest BCUT2D eigenvalue weighted by molar-refractivity contribution is 0.413. The SMILES string of the molecule is Nc1cccc(Cc2ccon2)c1. The van der Waals surface area contributed by atoms with E-state index in [1.165, 1.54) is 0 Å². The molecule has 1 aromatic heterocycles. The molecule has 0 aliphatic carbocycles. The van der Waals surface area contributed by atoms with Crippen LogP contribution in [0.2, 0.25) is 0 Å². The molecule has 0 atom stereocenters. The maximum atomic E-state index is 5.64. The predicted octanol–water partition coefficient (Wildman–Crippen LogP) is 1.85. The van der Waals surface area contributed by atoms with Crippen molar-refractivity contribution in [1.29, 1.82) is 0 Å². The van der Waals surface area contributed by atoms with Crippen molar-refractivity contribution in [2.45, 2.75) is 6.42 Å². The summed E-state index contributed by atoms with van der Waals surface area (Å²) < 4.78 is 4.74. The van der Waals surface area contributed by atoms with E-state index < -0.39 is 0 Å². The number of hydrogen-bond acceptors (Lipinski definition) is 3. The molecule has 0 radical (unpaired) electrons. The van der Waals surface area contributed by atoms with Gasteiger partial charge in [0.2, 0.25) is 0 Å². The van der Waals surface area contributed by atoms with Crippen molar-refractivity contribution in [2.75, 3.05) is 5.73 Å². The molecule has 1 aromatic carbocycles. The first-order chi connectivity index (χ1) is 6.34. The summed E-state index contributed by atoms with van der Waals surface area (Å²) in [5.41, 5.74) is 8.49. The van der Waals surface area contributed by atoms with Crippen LogP contribution in [0.25, 0.3) is 0 Å². The van der Waals surface area contributed by atoms with Crippen molar-refractivity contribution in [3.05, 3.63) is 47.9 Å². The van der Waals surface area contributed by atoms with Crippen LogP contribution in [0, 0.1) is 0 Å². The second-order valence-corrected chi connectivity index (χ2v) is 2.91. The van der Waals surface area contributed by atoms with Crippen molar-refractivity contribution in [2.24, 2.45) is 0 Å². The Hall–Kier alpha value is -1.77. The summed E-state index contributed by atoms with van der Waals surface area (Å²) in [4.78, 5) is 0. The number of rotatable bonds is 2. The van der Waals surface area contributed by atoms with E-state index in [1.54, 1.807) is 6.26 Å². The zero-order valence-electron chi connectivity index (χ0n) is 7.10. The second-order valence-electron chi connectivity index (χ2n) is 2.91. The van der Waals surface area contributed by atoms with Gasteiger partial charge in [-0.1, -0.05) is 17.3 Å². The van der Waals surface area contributed by atoms with Gasteiger partial charge in [0.15, 0.2) is 0 Å². The Balaban J connectivity index is 2.19. The number of nitrogens with two attached hydrogens (primary N) is 1. The fraction of sp³-hybridized carbons (Fsp3) is 0.100. The molecule has 13 heavy (non-hydrogen) atoms. The molecule has 2 rings (SSSR count). The number of nitrogens with zero attached hydrogens (tertiary/aromatic N) is 1. The van der Waals surface area contributed by atoms with Gasteiger partial charge in [0, 0.05) is 18.2 Å². The zero-order valence-corrected chi connectivity index (χ0v) is 7.10. The number of anilines is 1. The van der Waals surface area contributed by atoms with Crippen LogP contribution in [0.5, 0.6) is 0 Å². The van der Waals surface area contributed by atoms with Gasteiger partial charge < -0.3 is 10.3 Å². The van der Waals surface area contributed by atoms with E-state index in [0.29, 0.717) is 0 Å². The van der Waals surface area contributed by atoms with Gasteiger partial charge in [0.25, 0.3) is 0 Å². The Kier molecular flexibility index (Phi) is 2.00. The van der Waals surface area contributed by atoms with Gasteiger partial charge in [0.1, 0.15) is 6.26 Å². The molecule has 0 unspecified atom stereocenters. The molecule has 3 heteroatoms. The lowest BCUT2D eigenvalue weighted by Gasteiger charge is -1.98. The van der Waals surface area contributed by atoms with E-state index in [4.69, 9.17) is 10.3 Å². The average Bonchev–Trinajstić information content (AvgIpc) is 2.57. The summed E-state index contributed by atoms with van der Waals surface area (Å²) in [6, 6.07) is 9.61. The highest BCUT2D eigenvalue weighted by atomic mass is 16.5. The zero-order chi connectivity index (χ0) is 9.10. The van der Waals surface area contributed by atoms with Gasteiger partial charge in [-0.2, -0.15) is 0 Å². The first kappa shape index (κ1) is 7.86. The van der Waals surface area contributed by atoms with Crippen molar-refractivity contribution in [3.63, 3.8) is 0 Å². The Bertz CT molecular complexity index is 382. The van der Waals surface area contributed by atoms with Gasteiger partial charge >= 0.3 is 0 Å². The summed E-state index contributed by atoms with van der Waals surface area (Å²) in [5.74, 6) is 0. The predicted molar refractivity (Wildman–Crippen MR) is 50.2 cm³/mol. The summed E-state index contributed by atoms with van der Waals surface area (Å²) in [7, 11) is 0. The molecule has 66 valence electrons. The Morgan fingerprint density at radius 2 is 2.23 bits per heavy atom. The highest BCUT2D eigenvalue weighted by molar-refractivity contribution is 5.41. The molecule has 0 aliphatic heterocycles. The third-order valence-corrected chi connectivity index (χ3v) is 1.83. The molecule has 2 N–H and O–H groups in total. The third kappa shape index (κ3) is 1.87. The molecule has 0 bridgehead atoms. The minimum absolute atomic E-state index is 0.765. The third-order valence-electron chi connectivity index (χ3n) is 1.83. The fourth-order valence-corrected chi connectivity index (χ4v) is 1.24. The maximum Gasteiger partial charge on any atom is 0.124 e. The summed E-state index contributed by atoms with van der Waals surface area (Å²) in [6.45, 7) is 0. The first-order valence-electron chi connectivity index (χ1n) is 4.08. The molecule has 0 spiro atoms. The number of nitrogen functional groups attached to an aromatic ring is 1. The normalized spacial score (nSPS) is 10.2. The summed E-state index contributed by atoms with van der Waals surface area (Å²) in [6.07, 6.45) is 2.34. The molecule has 0 fully saturated rings. The summed E-state index contributed by atoms with van der Waals surface area (Å²) in [5, 5.41) is 3.83. The lowest BCUT2D eigenvalue weighted by atomic mass is 10.1. The van der Waals surface area contributed by atoms with Crippen LogP contribution >= 0.6 is 0 Å². The first-order valence-corrected chi connectivity index (χ1v) is 4.08. The summed E-state index contributed by atoms with van der Waals surface area (Å²) >= 11 is 0. The Labute approximate surface area is 76.2 Å². The van der Waals surface area contributed by atoms with E-state index in [-0.39, 0.29) is 0 Å². The topological polar surface area (TPSA) is 52.0 Å². The molecular weight excluding hydrogens is 164 g/mol. The van der Waals surface area contributed by atoms with Gasteiger partial charge in [-0.05, 0) is 17.7 Å². The lowest BCUT2D eigenvalue weighted by Crippen LogP contribution is -1.90. The molecule has 3 nitrogen and oxygen atoms in total. The molecule has 0 amide bonds. The average molecular weight is 174 g/mol. The van der Waals surface area contributed by atoms with E-state index >= 15 is 0 Å². The van der Waals surface area contributed by atoms with Gasteiger partial charge in [0.05, 0.1) is 5.69 Å². The standard InChI is InChI=1S/C10H10N2O/c11-9-3-1-2-8(6-9)7-10-4-5-13-12-10/h1-6H,7,11H2. The van der Waals surface area contributed by atoms with Crippen LogP contribution in [0.15, 0.2) is 41.1 Å². The minimum Gasteiger partial charge on any atom is -0.399 e. The van der Waals surface area contributed by atoms with Crippen molar-refractivity contribution < 1.29 is 4.52 Å². The second kappa shape index (κ2) is 3.31. The molecule has 0 saturated heterocycles. The highest BCUT2D eigenvalue weighted by Crippen LogP contribution is 2.10. The highest BCUT2D eigenvalue weighted by Gasteiger charge is 1.98. The molecule has 0 saturated carbocycles. The van der Waals surface area contributed by atoms with Crippen LogP contribution < -0.4 is 5.73 Å². The minimum atomic E-state index is 0.765. The van der Waals surface area contributed by atoms with Crippen molar-refractivity contribution >= 4 is 5.69 Å². The smallest absolute Gasteiger partial charge is 0.124 e. The fourth-order valence-electron chi connectivity index (χ4n) is 1.24. The van der Waals surface area contributed by atoms with Crippen molar-refractivity contribution in [3.8, 4) is 0 Å². The molecule has 2 aromatic rings. The van der Waals surface area contributed by atoms with E-state index in [0.717, 1.165) is 23.4 Å². The molecule has 0 aliphatic rings. The van der Waals surface area contributed by atoms with Gasteiger partial charge in [-0.15, -0.1) is 0 Å². The van der Waals surface area contributed by atoms with E-state index in [1.807, 2.05) is 30.3 Å². The Morgan fingerprint density at radius 1 is 1.31 bits per heavy atom. The molecular formula is C10H10N2O. The Morgan fingerprint density at radius 3 is 2.92 bits per heavy atom. The van der Waals surface area contributed by atoms with Crippen LogP contribution in [0.3, 0.4) is 0 Å². The number of benzene rings is 1. The van der Waals surface area contributed by atoms with Crippen LogP contribution in [-0.4, -0.2) is 5.16 Å².